The van der Waals surface area contributed by atoms with E-state index >= 15 is 0 Å². The molecule has 2 heterocycles. The van der Waals surface area contributed by atoms with Crippen molar-refractivity contribution in [3.63, 3.8) is 0 Å². The van der Waals surface area contributed by atoms with Gasteiger partial charge in [0, 0.05) is 13.0 Å². The second-order valence-corrected chi connectivity index (χ2v) is 41.1. The summed E-state index contributed by atoms with van der Waals surface area (Å²) in [6, 6.07) is 36.8. The topological polar surface area (TPSA) is 58.7 Å². The molecule has 64 heavy (non-hydrogen) atoms. The Kier molecular flexibility index (Phi) is 14.9. The van der Waals surface area contributed by atoms with E-state index in [1.807, 2.05) is 0 Å². The van der Waals surface area contributed by atoms with Crippen molar-refractivity contribution in [2.24, 2.45) is 17.8 Å². The van der Waals surface area contributed by atoms with Gasteiger partial charge in [0.15, 0.2) is 14.1 Å². The first kappa shape index (κ1) is 49.8. The third-order valence-electron chi connectivity index (χ3n) is 16.1. The number of ether oxygens (including phenoxy) is 3. The van der Waals surface area contributed by atoms with Gasteiger partial charge in [-0.25, -0.2) is 0 Å². The highest BCUT2D eigenvalue weighted by molar-refractivity contribution is 6.99. The van der Waals surface area contributed by atoms with Crippen molar-refractivity contribution >= 4 is 48.6 Å². The Hall–Kier alpha value is -2.13. The number of benzene rings is 3. The van der Waals surface area contributed by atoms with Crippen molar-refractivity contribution < 1.29 is 27.5 Å². The Labute approximate surface area is 393 Å². The van der Waals surface area contributed by atoms with E-state index in [4.69, 9.17) is 27.5 Å². The minimum absolute atomic E-state index is 0.0312. The van der Waals surface area contributed by atoms with Crippen molar-refractivity contribution in [1.29, 1.82) is 0 Å². The minimum atomic E-state index is -2.67. The smallest absolute Gasteiger partial charge is 0.261 e. The number of epoxide rings is 1. The van der Waals surface area contributed by atoms with Gasteiger partial charge in [-0.1, -0.05) is 158 Å². The maximum atomic E-state index is 7.58. The third kappa shape index (κ3) is 9.75. The summed E-state index contributed by atoms with van der Waals surface area (Å²) in [5, 5.41) is 4.07. The molecule has 0 N–H and O–H groups in total. The van der Waals surface area contributed by atoms with Crippen LogP contribution < -0.4 is 15.6 Å². The van der Waals surface area contributed by atoms with Crippen LogP contribution in [0.15, 0.2) is 103 Å². The second kappa shape index (κ2) is 19.1. The van der Waals surface area contributed by atoms with Crippen molar-refractivity contribution in [2.45, 2.75) is 192 Å². The summed E-state index contributed by atoms with van der Waals surface area (Å²) < 4.78 is 43.4. The lowest BCUT2D eigenvalue weighted by molar-refractivity contribution is -0.302. The standard InChI is InChI=1S/C54H84O6Si4/c1-15-63(16-2,17-3)59-47-35-36-48(60-61(10,11)12)54-49(47)46(40(4)50(51(54)58-54)62(13,14)43-27-21-18-22-28-43)34-33-41-39-42(57-53(8,9)56-41)37-38-55-64(52(5,6)7,44-29-23-19-24-30-44)45-31-25-20-26-32-45/h18-32,35,40-42,46,48-51H,15-17,33-34,36-39H2,1-14H3/t40-,41-,42+,46+,48?,49+,50-,51?,54?/m1/s1. The zero-order valence-corrected chi connectivity index (χ0v) is 46.2. The molecule has 7 rings (SSSR count). The lowest BCUT2D eigenvalue weighted by Gasteiger charge is -2.53. The van der Waals surface area contributed by atoms with Gasteiger partial charge >= 0.3 is 0 Å². The van der Waals surface area contributed by atoms with Gasteiger partial charge in [-0.15, -0.1) is 0 Å². The Morgan fingerprint density at radius 2 is 1.20 bits per heavy atom. The monoisotopic (exact) mass is 941 g/mol. The van der Waals surface area contributed by atoms with Crippen LogP contribution in [0.25, 0.3) is 0 Å². The molecule has 0 radical (unpaired) electrons. The molecule has 3 unspecified atom stereocenters. The zero-order chi connectivity index (χ0) is 46.3. The van der Waals surface area contributed by atoms with E-state index in [0.29, 0.717) is 24.0 Å². The molecule has 10 heteroatoms. The largest absolute Gasteiger partial charge is 0.546 e. The van der Waals surface area contributed by atoms with E-state index in [9.17, 15) is 0 Å². The molecule has 1 saturated carbocycles. The van der Waals surface area contributed by atoms with Gasteiger partial charge in [-0.05, 0) is 116 Å². The normalized spacial score (nSPS) is 29.6. The lowest BCUT2D eigenvalue weighted by atomic mass is 9.60. The van der Waals surface area contributed by atoms with E-state index in [-0.39, 0.29) is 41.0 Å². The molecule has 1 spiro atoms. The average molecular weight is 942 g/mol. The molecule has 2 aliphatic heterocycles. The van der Waals surface area contributed by atoms with Crippen LogP contribution in [0.3, 0.4) is 0 Å². The van der Waals surface area contributed by atoms with Gasteiger partial charge in [-0.3, -0.25) is 0 Å². The first-order valence-electron chi connectivity index (χ1n) is 25.1. The Bertz CT molecular complexity index is 1960. The highest BCUT2D eigenvalue weighted by Crippen LogP contribution is 2.69. The molecule has 352 valence electrons. The van der Waals surface area contributed by atoms with Crippen LogP contribution in [-0.4, -0.2) is 75.4 Å². The molecule has 3 fully saturated rings. The molecule has 0 aromatic heterocycles. The van der Waals surface area contributed by atoms with Crippen molar-refractivity contribution in [2.75, 3.05) is 6.61 Å². The van der Waals surface area contributed by atoms with E-state index in [1.165, 1.54) is 21.3 Å². The Morgan fingerprint density at radius 1 is 0.688 bits per heavy atom. The molecule has 9 atom stereocenters. The molecule has 6 nitrogen and oxygen atoms in total. The fourth-order valence-corrected chi connectivity index (χ4v) is 25.3. The van der Waals surface area contributed by atoms with Crippen molar-refractivity contribution in [1.82, 2.24) is 0 Å². The van der Waals surface area contributed by atoms with Crippen LogP contribution in [0.1, 0.15) is 94.4 Å². The van der Waals surface area contributed by atoms with Gasteiger partial charge in [0.1, 0.15) is 5.60 Å². The molecular formula is C54H84O6Si4. The van der Waals surface area contributed by atoms with E-state index in [0.717, 1.165) is 50.2 Å². The molecule has 0 bridgehead atoms. The minimum Gasteiger partial charge on any atom is -0.546 e. The predicted molar refractivity (Wildman–Crippen MR) is 276 cm³/mol. The van der Waals surface area contributed by atoms with Gasteiger partial charge in [0.25, 0.3) is 8.32 Å². The number of hydrogen-bond acceptors (Lipinski definition) is 6. The molecule has 4 aliphatic rings. The van der Waals surface area contributed by atoms with Crippen molar-refractivity contribution in [3.05, 3.63) is 103 Å². The van der Waals surface area contributed by atoms with Gasteiger partial charge < -0.3 is 27.5 Å². The Morgan fingerprint density at radius 3 is 1.70 bits per heavy atom. The van der Waals surface area contributed by atoms with Crippen LogP contribution in [-0.2, 0) is 27.5 Å². The molecular weight excluding hydrogens is 857 g/mol. The average Bonchev–Trinajstić information content (AvgIpc) is 3.98. The summed E-state index contributed by atoms with van der Waals surface area (Å²) in [5.41, 5.74) is 0.0873. The summed E-state index contributed by atoms with van der Waals surface area (Å²) in [7, 11) is -8.61. The highest BCUT2D eigenvalue weighted by atomic mass is 28.4. The summed E-state index contributed by atoms with van der Waals surface area (Å²) in [4.78, 5) is 0. The zero-order valence-electron chi connectivity index (χ0n) is 42.2. The molecule has 3 aromatic carbocycles. The fraction of sp³-hybridized carbons (Fsp3) is 0.630. The Balaban J connectivity index is 1.18. The SMILES string of the molecule is CC[Si](CC)(CC)OC1=CCC(O[Si](C)(C)C)C23OC2[C@H]([Si](C)(C)c2ccccc2)[C@H](C)[C@H](CC[C@@H]2C[C@H](CCO[Si](c4ccccc4)(c4ccccc4)C(C)(C)C)OC(C)(C)O2)[C@@H]13. The first-order chi connectivity index (χ1) is 30.2. The van der Waals surface area contributed by atoms with E-state index in [1.54, 1.807) is 0 Å². The summed E-state index contributed by atoms with van der Waals surface area (Å²) in [6.07, 6.45) is 7.34. The summed E-state index contributed by atoms with van der Waals surface area (Å²) in [5.74, 6) is 1.51. The molecule has 0 amide bonds. The lowest BCUT2D eigenvalue weighted by Crippen LogP contribution is -2.66. The molecule has 2 aliphatic carbocycles. The second-order valence-electron chi connectivity index (χ2n) is 22.9. The molecule has 3 aromatic rings. The van der Waals surface area contributed by atoms with Gasteiger partial charge in [0.2, 0.25) is 8.32 Å². The summed E-state index contributed by atoms with van der Waals surface area (Å²) in [6.45, 7) is 33.8. The number of hydrogen-bond donors (Lipinski definition) is 0. The van der Waals surface area contributed by atoms with Crippen LogP contribution in [0.5, 0.6) is 0 Å². The quantitative estimate of drug-likeness (QED) is 0.0935. The highest BCUT2D eigenvalue weighted by Gasteiger charge is 2.77. The van der Waals surface area contributed by atoms with E-state index < -0.39 is 38.8 Å². The first-order valence-corrected chi connectivity index (χ1v) is 36.0. The van der Waals surface area contributed by atoms with E-state index in [2.05, 4.69) is 192 Å². The fourth-order valence-electron chi connectivity index (χ4n) is 12.9. The van der Waals surface area contributed by atoms with Crippen LogP contribution >= 0.6 is 0 Å². The van der Waals surface area contributed by atoms with Gasteiger partial charge in [0.05, 0.1) is 44.2 Å². The van der Waals surface area contributed by atoms with Crippen LogP contribution in [0, 0.1) is 17.8 Å². The van der Waals surface area contributed by atoms with Crippen LogP contribution in [0.4, 0.5) is 0 Å². The van der Waals surface area contributed by atoms with Crippen molar-refractivity contribution in [3.8, 4) is 0 Å². The van der Waals surface area contributed by atoms with Crippen LogP contribution in [0.2, 0.25) is 61.4 Å². The molecule has 2 saturated heterocycles. The maximum absolute atomic E-state index is 7.58. The third-order valence-corrected chi connectivity index (χ3v) is 31.0. The summed E-state index contributed by atoms with van der Waals surface area (Å²) >= 11 is 0. The maximum Gasteiger partial charge on any atom is 0.261 e. The predicted octanol–water partition coefficient (Wildman–Crippen LogP) is 12.2. The van der Waals surface area contributed by atoms with Gasteiger partial charge in [-0.2, -0.15) is 0 Å². The number of rotatable bonds is 18.